The molecule has 0 bridgehead atoms. The van der Waals surface area contributed by atoms with E-state index in [2.05, 4.69) is 10.2 Å². The van der Waals surface area contributed by atoms with E-state index in [9.17, 15) is 4.79 Å². The van der Waals surface area contributed by atoms with E-state index in [4.69, 9.17) is 10.5 Å². The second kappa shape index (κ2) is 8.84. The zero-order valence-electron chi connectivity index (χ0n) is 16.4. The molecule has 1 aromatic heterocycles. The minimum atomic E-state index is -0.436. The first-order valence-electron chi connectivity index (χ1n) is 9.32. The predicted octanol–water partition coefficient (Wildman–Crippen LogP) is 4.33. The first kappa shape index (κ1) is 19.7. The number of aromatic nitrogens is 3. The Hall–Kier alpha value is -3.58. The van der Waals surface area contributed by atoms with Crippen molar-refractivity contribution >= 4 is 17.7 Å². The molecule has 3 aromatic carbocycles. The van der Waals surface area contributed by atoms with Crippen LogP contribution in [-0.4, -0.2) is 27.8 Å². The van der Waals surface area contributed by atoms with Crippen molar-refractivity contribution in [1.82, 2.24) is 14.8 Å². The fraction of sp³-hybridized carbons (Fsp3) is 0.0870. The van der Waals surface area contributed by atoms with Crippen molar-refractivity contribution in [3.8, 4) is 22.8 Å². The van der Waals surface area contributed by atoms with Gasteiger partial charge in [-0.3, -0.25) is 9.36 Å². The van der Waals surface area contributed by atoms with Crippen LogP contribution in [0.4, 0.5) is 0 Å². The second-order valence-corrected chi connectivity index (χ2v) is 7.50. The van der Waals surface area contributed by atoms with Crippen molar-refractivity contribution in [3.05, 3.63) is 90.0 Å². The number of thioether (sulfide) groups is 1. The Kier molecular flexibility index (Phi) is 5.81. The molecule has 1 amide bonds. The van der Waals surface area contributed by atoms with Crippen LogP contribution < -0.4 is 10.5 Å². The number of rotatable bonds is 7. The number of carbonyl (C=O) groups is 1. The molecule has 4 aromatic rings. The average Bonchev–Trinajstić information content (AvgIpc) is 3.22. The van der Waals surface area contributed by atoms with Crippen LogP contribution in [0.15, 0.2) is 84.0 Å². The third-order valence-corrected chi connectivity index (χ3v) is 5.56. The molecule has 0 aliphatic rings. The lowest BCUT2D eigenvalue weighted by Gasteiger charge is -2.11. The van der Waals surface area contributed by atoms with E-state index in [-0.39, 0.29) is 0 Å². The van der Waals surface area contributed by atoms with Gasteiger partial charge in [0.05, 0.1) is 7.11 Å². The van der Waals surface area contributed by atoms with E-state index < -0.39 is 5.91 Å². The number of primary amides is 1. The Balaban J connectivity index is 1.71. The van der Waals surface area contributed by atoms with Gasteiger partial charge in [0, 0.05) is 22.6 Å². The molecule has 0 radical (unpaired) electrons. The molecule has 2 N–H and O–H groups in total. The van der Waals surface area contributed by atoms with Crippen molar-refractivity contribution in [2.45, 2.75) is 10.9 Å². The lowest BCUT2D eigenvalue weighted by Crippen LogP contribution is -2.10. The van der Waals surface area contributed by atoms with E-state index in [0.717, 1.165) is 33.5 Å². The summed E-state index contributed by atoms with van der Waals surface area (Å²) in [5.74, 6) is 1.68. The molecule has 0 saturated heterocycles. The van der Waals surface area contributed by atoms with E-state index in [0.29, 0.717) is 11.3 Å². The Morgan fingerprint density at radius 2 is 1.80 bits per heavy atom. The molecule has 6 nitrogen and oxygen atoms in total. The summed E-state index contributed by atoms with van der Waals surface area (Å²) in [6.07, 6.45) is 0. The van der Waals surface area contributed by atoms with Crippen LogP contribution in [0.3, 0.4) is 0 Å². The maximum atomic E-state index is 11.5. The van der Waals surface area contributed by atoms with Crippen LogP contribution in [-0.2, 0) is 5.75 Å². The van der Waals surface area contributed by atoms with Gasteiger partial charge in [-0.2, -0.15) is 0 Å². The van der Waals surface area contributed by atoms with Crippen molar-refractivity contribution in [1.29, 1.82) is 0 Å². The van der Waals surface area contributed by atoms with Crippen LogP contribution in [0, 0.1) is 0 Å². The fourth-order valence-corrected chi connectivity index (χ4v) is 3.98. The summed E-state index contributed by atoms with van der Waals surface area (Å²) < 4.78 is 7.39. The number of carbonyl (C=O) groups excluding carboxylic acids is 1. The zero-order chi connectivity index (χ0) is 20.9. The Bertz CT molecular complexity index is 1170. The van der Waals surface area contributed by atoms with Crippen molar-refractivity contribution in [2.24, 2.45) is 5.73 Å². The molecule has 30 heavy (non-hydrogen) atoms. The van der Waals surface area contributed by atoms with Gasteiger partial charge < -0.3 is 10.5 Å². The molecule has 7 heteroatoms. The smallest absolute Gasteiger partial charge is 0.248 e. The van der Waals surface area contributed by atoms with Gasteiger partial charge in [-0.05, 0) is 42.0 Å². The molecular formula is C23H20N4O2S. The van der Waals surface area contributed by atoms with Gasteiger partial charge in [0.1, 0.15) is 5.75 Å². The second-order valence-electron chi connectivity index (χ2n) is 6.56. The average molecular weight is 417 g/mol. The van der Waals surface area contributed by atoms with E-state index in [1.54, 1.807) is 24.9 Å². The largest absolute Gasteiger partial charge is 0.497 e. The molecule has 150 valence electrons. The Morgan fingerprint density at radius 3 is 2.57 bits per heavy atom. The minimum absolute atomic E-state index is 0.436. The van der Waals surface area contributed by atoms with E-state index in [1.165, 1.54) is 0 Å². The van der Waals surface area contributed by atoms with Crippen molar-refractivity contribution < 1.29 is 9.53 Å². The third-order valence-electron chi connectivity index (χ3n) is 4.56. The third kappa shape index (κ3) is 4.21. The van der Waals surface area contributed by atoms with Gasteiger partial charge >= 0.3 is 0 Å². The monoisotopic (exact) mass is 416 g/mol. The summed E-state index contributed by atoms with van der Waals surface area (Å²) >= 11 is 1.55. The zero-order valence-corrected chi connectivity index (χ0v) is 17.2. The molecule has 0 aliphatic carbocycles. The van der Waals surface area contributed by atoms with Crippen LogP contribution in [0.1, 0.15) is 15.9 Å². The van der Waals surface area contributed by atoms with Crippen LogP contribution in [0.5, 0.6) is 5.75 Å². The number of nitrogens with two attached hydrogens (primary N) is 1. The summed E-state index contributed by atoms with van der Waals surface area (Å²) in [5, 5.41) is 9.65. The number of amides is 1. The topological polar surface area (TPSA) is 83.0 Å². The van der Waals surface area contributed by atoms with Crippen molar-refractivity contribution in [3.63, 3.8) is 0 Å². The standard InChI is InChI=1S/C23H20N4O2S/c1-29-20-12-6-9-18(14-20)22-25-26-23(27(22)19-10-3-2-4-11-19)30-15-16-7-5-8-17(13-16)21(24)28/h2-14H,15H2,1H3,(H2,24,28). The van der Waals surface area contributed by atoms with Gasteiger partial charge in [0.25, 0.3) is 0 Å². The molecule has 0 aliphatic heterocycles. The van der Waals surface area contributed by atoms with E-state index >= 15 is 0 Å². The van der Waals surface area contributed by atoms with Gasteiger partial charge in [-0.25, -0.2) is 0 Å². The molecule has 1 heterocycles. The minimum Gasteiger partial charge on any atom is -0.497 e. The normalized spacial score (nSPS) is 10.7. The lowest BCUT2D eigenvalue weighted by molar-refractivity contribution is 0.1000. The molecular weight excluding hydrogens is 396 g/mol. The molecule has 4 rings (SSSR count). The summed E-state index contributed by atoms with van der Waals surface area (Å²) in [5.41, 5.74) is 8.76. The maximum absolute atomic E-state index is 11.5. The number of hydrogen-bond acceptors (Lipinski definition) is 5. The SMILES string of the molecule is COc1cccc(-c2nnc(SCc3cccc(C(N)=O)c3)n2-c2ccccc2)c1. The summed E-state index contributed by atoms with van der Waals surface area (Å²) in [6.45, 7) is 0. The maximum Gasteiger partial charge on any atom is 0.248 e. The van der Waals surface area contributed by atoms with Gasteiger partial charge in [-0.1, -0.05) is 54.2 Å². The molecule has 0 unspecified atom stereocenters. The number of ether oxygens (including phenoxy) is 1. The quantitative estimate of drug-likeness (QED) is 0.453. The van der Waals surface area contributed by atoms with Crippen molar-refractivity contribution in [2.75, 3.05) is 7.11 Å². The highest BCUT2D eigenvalue weighted by Crippen LogP contribution is 2.31. The molecule has 0 fully saturated rings. The number of nitrogens with zero attached hydrogens (tertiary/aromatic N) is 3. The highest BCUT2D eigenvalue weighted by atomic mass is 32.2. The first-order chi connectivity index (χ1) is 14.7. The van der Waals surface area contributed by atoms with E-state index in [1.807, 2.05) is 77.4 Å². The number of benzene rings is 3. The molecule has 0 atom stereocenters. The number of para-hydroxylation sites is 1. The lowest BCUT2D eigenvalue weighted by atomic mass is 10.1. The van der Waals surface area contributed by atoms with Gasteiger partial charge in [0.2, 0.25) is 5.91 Å². The first-order valence-corrected chi connectivity index (χ1v) is 10.3. The van der Waals surface area contributed by atoms with Gasteiger partial charge in [0.15, 0.2) is 11.0 Å². The van der Waals surface area contributed by atoms with Gasteiger partial charge in [-0.15, -0.1) is 10.2 Å². The fourth-order valence-electron chi connectivity index (χ4n) is 3.08. The Morgan fingerprint density at radius 1 is 1.00 bits per heavy atom. The predicted molar refractivity (Wildman–Crippen MR) is 118 cm³/mol. The molecule has 0 saturated carbocycles. The summed E-state index contributed by atoms with van der Waals surface area (Å²) in [6, 6.07) is 25.0. The Labute approximate surface area is 178 Å². The highest BCUT2D eigenvalue weighted by Gasteiger charge is 2.17. The van der Waals surface area contributed by atoms with Crippen LogP contribution in [0.2, 0.25) is 0 Å². The number of methoxy groups -OCH3 is 1. The molecule has 0 spiro atoms. The van der Waals surface area contributed by atoms with Crippen LogP contribution >= 0.6 is 11.8 Å². The highest BCUT2D eigenvalue weighted by molar-refractivity contribution is 7.98. The number of hydrogen-bond donors (Lipinski definition) is 1. The summed E-state index contributed by atoms with van der Waals surface area (Å²) in [4.78, 5) is 11.5. The van der Waals surface area contributed by atoms with Crippen LogP contribution in [0.25, 0.3) is 17.1 Å². The summed E-state index contributed by atoms with van der Waals surface area (Å²) in [7, 11) is 1.64.